The van der Waals surface area contributed by atoms with Crippen LogP contribution in [0.3, 0.4) is 0 Å². The normalized spacial score (nSPS) is 21.7. The Kier molecular flexibility index (Phi) is 10.8. The lowest BCUT2D eigenvalue weighted by Gasteiger charge is -2.41. The number of alkyl halides is 5. The van der Waals surface area contributed by atoms with E-state index in [1.54, 1.807) is 6.92 Å². The molecule has 1 heterocycles. The first-order valence-corrected chi connectivity index (χ1v) is 16.3. The van der Waals surface area contributed by atoms with Gasteiger partial charge in [0, 0.05) is 47.1 Å². The van der Waals surface area contributed by atoms with E-state index in [4.69, 9.17) is 11.6 Å². The topological polar surface area (TPSA) is 123 Å². The number of benzene rings is 1. The number of hydrogen-bond acceptors (Lipinski definition) is 7. The molecule has 3 N–H and O–H groups in total. The van der Waals surface area contributed by atoms with Crippen molar-refractivity contribution in [1.29, 1.82) is 0 Å². The summed E-state index contributed by atoms with van der Waals surface area (Å²) in [6.45, 7) is 0.167. The van der Waals surface area contributed by atoms with Crippen molar-refractivity contribution in [2.24, 2.45) is 5.41 Å². The predicted octanol–water partition coefficient (Wildman–Crippen LogP) is 5.28. The summed E-state index contributed by atoms with van der Waals surface area (Å²) in [6, 6.07) is 2.97. The summed E-state index contributed by atoms with van der Waals surface area (Å²) in [6.07, 6.45) is -3.62. The summed E-state index contributed by atoms with van der Waals surface area (Å²) in [5.74, 6) is -1.25. The molecule has 242 valence electrons. The molecule has 1 aromatic carbocycles. The third-order valence-corrected chi connectivity index (χ3v) is 10.2. The van der Waals surface area contributed by atoms with Crippen LogP contribution in [0.5, 0.6) is 5.75 Å². The van der Waals surface area contributed by atoms with Crippen molar-refractivity contribution in [3.63, 3.8) is 0 Å². The Morgan fingerprint density at radius 3 is 2.51 bits per heavy atom. The Balaban J connectivity index is 1.92. The van der Waals surface area contributed by atoms with Gasteiger partial charge in [0.25, 0.3) is 5.91 Å². The number of carbonyl (C=O) groups excluding carboxylic acids is 1. The number of hydrogen-bond donors (Lipinski definition) is 3. The summed E-state index contributed by atoms with van der Waals surface area (Å²) >= 11 is 9.62. The smallest absolute Gasteiger partial charge is 0.394 e. The van der Waals surface area contributed by atoms with E-state index in [0.717, 1.165) is 26.2 Å². The van der Waals surface area contributed by atoms with Gasteiger partial charge in [-0.25, -0.2) is 12.8 Å². The Labute approximate surface area is 259 Å². The van der Waals surface area contributed by atoms with Crippen molar-refractivity contribution in [2.45, 2.75) is 82.7 Å². The van der Waals surface area contributed by atoms with Gasteiger partial charge in [-0.1, -0.05) is 31.5 Å². The zero-order valence-electron chi connectivity index (χ0n) is 23.7. The molecule has 1 aromatic heterocycles. The van der Waals surface area contributed by atoms with Crippen molar-refractivity contribution in [2.75, 3.05) is 12.8 Å². The molecule has 43 heavy (non-hydrogen) atoms. The zero-order chi connectivity index (χ0) is 32.5. The minimum atomic E-state index is -4.55. The van der Waals surface area contributed by atoms with Crippen LogP contribution in [0.25, 0.3) is 11.3 Å². The molecule has 0 spiro atoms. The third-order valence-electron chi connectivity index (χ3n) is 7.68. The van der Waals surface area contributed by atoms with E-state index in [1.807, 2.05) is 0 Å². The first-order valence-electron chi connectivity index (χ1n) is 13.2. The predicted molar refractivity (Wildman–Crippen MR) is 154 cm³/mol. The highest BCUT2D eigenvalue weighted by Gasteiger charge is 2.47. The number of sulfone groups is 1. The lowest BCUT2D eigenvalue weighted by molar-refractivity contribution is -0.211. The molecular weight excluding hydrogens is 691 g/mol. The standard InChI is InChI=1S/C26H33BrClF5N4O5S/c1-5-37-21(16-7-6-14(10-17(16)42-23(29)30)12-24(2,3)26(31,32)33)19(28)20(36-37)22(38)34-13-25(39)9-8-15(43(4,40)41)11-18(25)35-27/h6-7,10,15,18,23,35,39H,5,8-9,11-13H2,1-4H3,(H,34,38)/t15-,18?,25-/m0/s1. The van der Waals surface area contributed by atoms with E-state index in [0.29, 0.717) is 0 Å². The average molecular weight is 724 g/mol. The Hall–Kier alpha value is -2.01. The highest BCUT2D eigenvalue weighted by Crippen LogP contribution is 2.43. The molecule has 1 aliphatic carbocycles. The molecule has 3 atom stereocenters. The summed E-state index contributed by atoms with van der Waals surface area (Å²) in [5, 5.41) is 17.1. The van der Waals surface area contributed by atoms with Crippen LogP contribution in [0, 0.1) is 5.41 Å². The molecule has 1 aliphatic rings. The SMILES string of the molecule is CCn1nc(C(=O)NC[C@@]2(O)CC[C@H](S(C)(=O)=O)CC2NBr)c(Cl)c1-c1ccc(CC(C)(C)C(F)(F)F)cc1OC(F)F. The number of carbonyl (C=O) groups is 1. The molecule has 1 unspecified atom stereocenters. The van der Waals surface area contributed by atoms with E-state index < -0.39 is 63.0 Å². The molecule has 3 rings (SSSR count). The van der Waals surface area contributed by atoms with Gasteiger partial charge in [-0.15, -0.1) is 0 Å². The molecule has 0 aliphatic heterocycles. The summed E-state index contributed by atoms with van der Waals surface area (Å²) in [7, 11) is -3.36. The number of aryl methyl sites for hydroxylation is 1. The van der Waals surface area contributed by atoms with Crippen LogP contribution >= 0.6 is 27.7 Å². The number of nitrogens with one attached hydrogen (secondary N) is 2. The minimum absolute atomic E-state index is 0.0199. The second-order valence-electron chi connectivity index (χ2n) is 11.3. The van der Waals surface area contributed by atoms with E-state index in [9.17, 15) is 40.3 Å². The largest absolute Gasteiger partial charge is 0.434 e. The zero-order valence-corrected chi connectivity index (χ0v) is 26.9. The van der Waals surface area contributed by atoms with E-state index in [1.165, 1.54) is 16.8 Å². The average Bonchev–Trinajstić information content (AvgIpc) is 3.22. The number of rotatable bonds is 11. The molecule has 1 saturated carbocycles. The number of aromatic nitrogens is 2. The van der Waals surface area contributed by atoms with Crippen LogP contribution in [-0.2, 0) is 22.8 Å². The van der Waals surface area contributed by atoms with Gasteiger partial charge in [-0.3, -0.25) is 9.48 Å². The van der Waals surface area contributed by atoms with Gasteiger partial charge in [-0.2, -0.15) is 27.1 Å². The Bertz CT molecular complexity index is 1440. The maximum absolute atomic E-state index is 13.5. The minimum Gasteiger partial charge on any atom is -0.434 e. The van der Waals surface area contributed by atoms with Crippen molar-refractivity contribution in [3.05, 3.63) is 34.5 Å². The maximum atomic E-state index is 13.5. The fourth-order valence-corrected chi connectivity index (χ4v) is 7.02. The Morgan fingerprint density at radius 1 is 1.33 bits per heavy atom. The molecule has 9 nitrogen and oxygen atoms in total. The number of ether oxygens (including phenoxy) is 1. The van der Waals surface area contributed by atoms with Gasteiger partial charge >= 0.3 is 12.8 Å². The molecule has 0 saturated heterocycles. The first kappa shape index (κ1) is 35.5. The van der Waals surface area contributed by atoms with Crippen molar-refractivity contribution in [3.8, 4) is 17.0 Å². The van der Waals surface area contributed by atoms with E-state index in [-0.39, 0.29) is 59.9 Å². The second-order valence-corrected chi connectivity index (χ2v) is 14.4. The first-order chi connectivity index (χ1) is 19.7. The van der Waals surface area contributed by atoms with Crippen molar-refractivity contribution >= 4 is 43.5 Å². The highest BCUT2D eigenvalue weighted by atomic mass is 79.9. The van der Waals surface area contributed by atoms with Gasteiger partial charge in [0.05, 0.1) is 27.0 Å². The lowest BCUT2D eigenvalue weighted by Crippen LogP contribution is -2.59. The van der Waals surface area contributed by atoms with Crippen LogP contribution in [0.15, 0.2) is 18.2 Å². The number of nitrogens with zero attached hydrogens (tertiary/aromatic N) is 2. The van der Waals surface area contributed by atoms with Crippen molar-refractivity contribution in [1.82, 2.24) is 19.4 Å². The molecule has 1 fully saturated rings. The monoisotopic (exact) mass is 722 g/mol. The molecular formula is C26H33BrClF5N4O5S. The molecule has 1 amide bonds. The summed E-state index contributed by atoms with van der Waals surface area (Å²) in [4.78, 5) is 13.2. The third kappa shape index (κ3) is 7.99. The van der Waals surface area contributed by atoms with Crippen LogP contribution in [0.2, 0.25) is 5.02 Å². The fraction of sp³-hybridized carbons (Fsp3) is 0.615. The van der Waals surface area contributed by atoms with Gasteiger partial charge < -0.3 is 15.2 Å². The maximum Gasteiger partial charge on any atom is 0.394 e. The van der Waals surface area contributed by atoms with Gasteiger partial charge in [-0.05, 0) is 50.3 Å². The highest BCUT2D eigenvalue weighted by molar-refractivity contribution is 9.08. The van der Waals surface area contributed by atoms with Gasteiger partial charge in [0.2, 0.25) is 0 Å². The van der Waals surface area contributed by atoms with E-state index in [2.05, 4.69) is 35.6 Å². The summed E-state index contributed by atoms with van der Waals surface area (Å²) in [5.41, 5.74) is -3.87. The molecule has 0 bridgehead atoms. The van der Waals surface area contributed by atoms with Gasteiger partial charge in [0.15, 0.2) is 5.69 Å². The van der Waals surface area contributed by atoms with Crippen LogP contribution < -0.4 is 14.4 Å². The molecule has 17 heteroatoms. The fourth-order valence-electron chi connectivity index (χ4n) is 5.00. The van der Waals surface area contributed by atoms with Crippen molar-refractivity contribution < 1.29 is 45.0 Å². The number of amides is 1. The van der Waals surface area contributed by atoms with Crippen LogP contribution in [0.1, 0.15) is 56.1 Å². The second kappa shape index (κ2) is 13.2. The number of halogens is 7. The van der Waals surface area contributed by atoms with Gasteiger partial charge in [0.1, 0.15) is 15.6 Å². The van der Waals surface area contributed by atoms with Crippen LogP contribution in [0.4, 0.5) is 22.0 Å². The van der Waals surface area contributed by atoms with Crippen LogP contribution in [-0.4, -0.2) is 71.7 Å². The quantitative estimate of drug-likeness (QED) is 0.213. The molecule has 0 radical (unpaired) electrons. The summed E-state index contributed by atoms with van der Waals surface area (Å²) < 4.78 is 99.8. The number of aliphatic hydroxyl groups is 1. The molecule has 2 aromatic rings. The lowest BCUT2D eigenvalue weighted by atomic mass is 9.80. The van der Waals surface area contributed by atoms with E-state index >= 15 is 0 Å². The Morgan fingerprint density at radius 2 is 1.98 bits per heavy atom.